The molecular weight excluding hydrogens is 321 g/mol. The molecule has 0 saturated heterocycles. The Morgan fingerprint density at radius 1 is 1.15 bits per heavy atom. The quantitative estimate of drug-likeness (QED) is 0.876. The van der Waals surface area contributed by atoms with Crippen LogP contribution in [0.1, 0.15) is 22.6 Å². The van der Waals surface area contributed by atoms with Crippen LogP contribution in [-0.2, 0) is 25.8 Å². The third kappa shape index (κ3) is 3.04. The van der Waals surface area contributed by atoms with E-state index in [1.54, 1.807) is 0 Å². The Morgan fingerprint density at radius 3 is 2.75 bits per heavy atom. The summed E-state index contributed by atoms with van der Waals surface area (Å²) < 4.78 is 13.7. The van der Waals surface area contributed by atoms with Crippen molar-refractivity contribution in [3.63, 3.8) is 0 Å². The molecule has 2 aromatic rings. The molecule has 2 heterocycles. The number of nitrogens with one attached hydrogen (secondary N) is 1. The number of aryl methyl sites for hydroxylation is 2. The fourth-order valence-corrected chi connectivity index (χ4v) is 2.94. The van der Waals surface area contributed by atoms with Gasteiger partial charge in [0.25, 0.3) is 0 Å². The Morgan fingerprint density at radius 2 is 1.95 bits per heavy atom. The molecule has 1 N–H and O–H groups in total. The van der Waals surface area contributed by atoms with Crippen molar-refractivity contribution in [2.45, 2.75) is 25.8 Å². The zero-order chi connectivity index (χ0) is 13.9. The lowest BCUT2D eigenvalue weighted by Gasteiger charge is -2.17. The van der Waals surface area contributed by atoms with Gasteiger partial charge < -0.3 is 5.32 Å². The first-order valence-corrected chi connectivity index (χ1v) is 7.51. The molecule has 0 aliphatic carbocycles. The lowest BCUT2D eigenvalue weighted by molar-refractivity contribution is 0.614. The zero-order valence-electron chi connectivity index (χ0n) is 11.0. The molecule has 1 aromatic heterocycles. The zero-order valence-corrected chi connectivity index (χ0v) is 12.6. The van der Waals surface area contributed by atoms with E-state index < -0.39 is 0 Å². The second-order valence-corrected chi connectivity index (χ2v) is 5.66. The minimum atomic E-state index is -0.200. The summed E-state index contributed by atoms with van der Waals surface area (Å²) >= 11 is 3.53. The number of hydrogen-bond donors (Lipinski definition) is 1. The molecule has 3 nitrogen and oxygen atoms in total. The normalized spacial score (nSPS) is 14.1. The minimum Gasteiger partial charge on any atom is -0.312 e. The van der Waals surface area contributed by atoms with Crippen LogP contribution in [0.5, 0.6) is 0 Å². The van der Waals surface area contributed by atoms with Gasteiger partial charge in [-0.25, -0.2) is 14.4 Å². The first kappa shape index (κ1) is 13.6. The van der Waals surface area contributed by atoms with Gasteiger partial charge in [-0.2, -0.15) is 0 Å². The molecule has 0 bridgehead atoms. The fourth-order valence-electron chi connectivity index (χ4n) is 2.37. The van der Waals surface area contributed by atoms with E-state index in [0.717, 1.165) is 54.0 Å². The molecule has 1 aromatic carbocycles. The van der Waals surface area contributed by atoms with Crippen LogP contribution in [0.3, 0.4) is 0 Å². The summed E-state index contributed by atoms with van der Waals surface area (Å²) in [5, 5.41) is 3.32. The molecule has 0 unspecified atom stereocenters. The maximum absolute atomic E-state index is 12.9. The van der Waals surface area contributed by atoms with E-state index in [1.165, 1.54) is 17.7 Å². The van der Waals surface area contributed by atoms with Crippen molar-refractivity contribution in [1.82, 2.24) is 15.3 Å². The number of aromatic nitrogens is 2. The van der Waals surface area contributed by atoms with Crippen LogP contribution in [0.2, 0.25) is 0 Å². The molecule has 0 amide bonds. The van der Waals surface area contributed by atoms with Crippen molar-refractivity contribution in [3.8, 4) is 0 Å². The van der Waals surface area contributed by atoms with Gasteiger partial charge in [0.05, 0.1) is 5.69 Å². The largest absolute Gasteiger partial charge is 0.312 e. The SMILES string of the molecule is Fc1ccc(CCc2nc(Br)c3c(n2)CCNC3)cc1. The Hall–Kier alpha value is -1.33. The van der Waals surface area contributed by atoms with E-state index in [0.29, 0.717) is 0 Å². The maximum atomic E-state index is 12.9. The Balaban J connectivity index is 1.74. The van der Waals surface area contributed by atoms with Crippen molar-refractivity contribution in [2.24, 2.45) is 0 Å². The summed E-state index contributed by atoms with van der Waals surface area (Å²) in [6.07, 6.45) is 2.54. The predicted molar refractivity (Wildman–Crippen MR) is 79.0 cm³/mol. The summed E-state index contributed by atoms with van der Waals surface area (Å²) in [6.45, 7) is 1.79. The first-order chi connectivity index (χ1) is 9.72. The van der Waals surface area contributed by atoms with Crippen LogP contribution >= 0.6 is 15.9 Å². The van der Waals surface area contributed by atoms with Gasteiger partial charge in [-0.05, 0) is 40.0 Å². The van der Waals surface area contributed by atoms with Gasteiger partial charge in [-0.15, -0.1) is 0 Å². The number of halogens is 2. The Labute approximate surface area is 125 Å². The van der Waals surface area contributed by atoms with Crippen LogP contribution in [0.25, 0.3) is 0 Å². The molecule has 3 rings (SSSR count). The van der Waals surface area contributed by atoms with Crippen LogP contribution in [0, 0.1) is 5.82 Å². The molecule has 0 saturated carbocycles. The molecule has 104 valence electrons. The van der Waals surface area contributed by atoms with Gasteiger partial charge in [0.15, 0.2) is 0 Å². The van der Waals surface area contributed by atoms with E-state index in [9.17, 15) is 4.39 Å². The van der Waals surface area contributed by atoms with Crippen LogP contribution in [-0.4, -0.2) is 16.5 Å². The van der Waals surface area contributed by atoms with Crippen LogP contribution in [0.15, 0.2) is 28.9 Å². The number of nitrogens with zero attached hydrogens (tertiary/aromatic N) is 2. The Kier molecular flexibility index (Phi) is 4.08. The van der Waals surface area contributed by atoms with Gasteiger partial charge in [-0.3, -0.25) is 0 Å². The van der Waals surface area contributed by atoms with E-state index in [-0.39, 0.29) is 5.82 Å². The second-order valence-electron chi connectivity index (χ2n) is 4.91. The molecular formula is C15H15BrFN3. The van der Waals surface area contributed by atoms with E-state index in [2.05, 4.69) is 31.2 Å². The Bertz CT molecular complexity index is 613. The van der Waals surface area contributed by atoms with Crippen LogP contribution < -0.4 is 5.32 Å². The molecule has 1 aliphatic heterocycles. The summed E-state index contributed by atoms with van der Waals surface area (Å²) in [5.41, 5.74) is 3.41. The van der Waals surface area contributed by atoms with Crippen LogP contribution in [0.4, 0.5) is 4.39 Å². The lowest BCUT2D eigenvalue weighted by Crippen LogP contribution is -2.26. The van der Waals surface area contributed by atoms with E-state index >= 15 is 0 Å². The predicted octanol–water partition coefficient (Wildman–Crippen LogP) is 2.81. The highest BCUT2D eigenvalue weighted by Gasteiger charge is 2.15. The monoisotopic (exact) mass is 335 g/mol. The van der Waals surface area contributed by atoms with Crippen molar-refractivity contribution in [3.05, 3.63) is 57.3 Å². The molecule has 20 heavy (non-hydrogen) atoms. The average molecular weight is 336 g/mol. The molecule has 5 heteroatoms. The van der Waals surface area contributed by atoms with Gasteiger partial charge in [0.2, 0.25) is 0 Å². The average Bonchev–Trinajstić information content (AvgIpc) is 2.47. The molecule has 0 spiro atoms. The third-order valence-electron chi connectivity index (χ3n) is 3.48. The van der Waals surface area contributed by atoms with Gasteiger partial charge >= 0.3 is 0 Å². The van der Waals surface area contributed by atoms with Crippen molar-refractivity contribution in [2.75, 3.05) is 6.54 Å². The standard InChI is InChI=1S/C15H15BrFN3/c16-15-12-9-18-8-7-13(12)19-14(20-15)6-3-10-1-4-11(17)5-2-10/h1-2,4-5,18H,3,6-9H2. The third-order valence-corrected chi connectivity index (χ3v) is 4.14. The van der Waals surface area contributed by atoms with Gasteiger partial charge in [-0.1, -0.05) is 12.1 Å². The molecule has 0 atom stereocenters. The number of fused-ring (bicyclic) bond motifs is 1. The topological polar surface area (TPSA) is 37.8 Å². The highest BCUT2D eigenvalue weighted by molar-refractivity contribution is 9.10. The molecule has 0 radical (unpaired) electrons. The highest BCUT2D eigenvalue weighted by Crippen LogP contribution is 2.21. The summed E-state index contributed by atoms with van der Waals surface area (Å²) in [5.74, 6) is 0.649. The van der Waals surface area contributed by atoms with E-state index in [1.807, 2.05) is 12.1 Å². The van der Waals surface area contributed by atoms with Crippen molar-refractivity contribution >= 4 is 15.9 Å². The lowest BCUT2D eigenvalue weighted by atomic mass is 10.1. The molecule has 0 fully saturated rings. The second kappa shape index (κ2) is 5.97. The number of rotatable bonds is 3. The first-order valence-electron chi connectivity index (χ1n) is 6.72. The minimum absolute atomic E-state index is 0.200. The summed E-state index contributed by atoms with van der Waals surface area (Å²) in [7, 11) is 0. The van der Waals surface area contributed by atoms with Crippen molar-refractivity contribution < 1.29 is 4.39 Å². The van der Waals surface area contributed by atoms with Crippen molar-refractivity contribution in [1.29, 1.82) is 0 Å². The molecule has 1 aliphatic rings. The summed E-state index contributed by atoms with van der Waals surface area (Å²) in [4.78, 5) is 9.16. The van der Waals surface area contributed by atoms with Gasteiger partial charge in [0.1, 0.15) is 16.2 Å². The fraction of sp³-hybridized carbons (Fsp3) is 0.333. The van der Waals surface area contributed by atoms with Gasteiger partial charge in [0, 0.05) is 31.5 Å². The number of benzene rings is 1. The smallest absolute Gasteiger partial charge is 0.130 e. The van der Waals surface area contributed by atoms with E-state index in [4.69, 9.17) is 0 Å². The highest BCUT2D eigenvalue weighted by atomic mass is 79.9. The maximum Gasteiger partial charge on any atom is 0.130 e. The summed E-state index contributed by atoms with van der Waals surface area (Å²) in [6, 6.07) is 6.61. The number of hydrogen-bond acceptors (Lipinski definition) is 3.